The summed E-state index contributed by atoms with van der Waals surface area (Å²) in [6, 6.07) is 18.2. The standard InChI is InChI=1S/C20H27NOSi2/c1-7-23(3,4)21(24(5,6)8-2)18-14-16-20(17-15-18)22-19-12-10-9-11-13-19/h7-17H,1-2H2,3-6H3. The molecule has 0 aliphatic heterocycles. The van der Waals surface area contributed by atoms with Gasteiger partial charge in [-0.3, -0.25) is 0 Å². The second-order valence-electron chi connectivity index (χ2n) is 6.96. The van der Waals surface area contributed by atoms with Gasteiger partial charge < -0.3 is 8.97 Å². The summed E-state index contributed by atoms with van der Waals surface area (Å²) in [6.45, 7) is 17.5. The second-order valence-corrected chi connectivity index (χ2v) is 15.7. The van der Waals surface area contributed by atoms with Crippen LogP contribution < -0.4 is 8.97 Å². The minimum Gasteiger partial charge on any atom is -0.457 e. The van der Waals surface area contributed by atoms with Gasteiger partial charge >= 0.3 is 0 Å². The lowest BCUT2D eigenvalue weighted by Gasteiger charge is -2.46. The fraction of sp³-hybridized carbons (Fsp3) is 0.200. The van der Waals surface area contributed by atoms with E-state index in [1.165, 1.54) is 5.69 Å². The van der Waals surface area contributed by atoms with Crippen LogP contribution in [0.25, 0.3) is 0 Å². The number of anilines is 1. The lowest BCUT2D eigenvalue weighted by Crippen LogP contribution is -2.61. The zero-order valence-electron chi connectivity index (χ0n) is 15.1. The predicted molar refractivity (Wildman–Crippen MR) is 111 cm³/mol. The van der Waals surface area contributed by atoms with Crippen molar-refractivity contribution >= 4 is 22.2 Å². The Morgan fingerprint density at radius 1 is 0.750 bits per heavy atom. The first-order valence-electron chi connectivity index (χ1n) is 8.20. The third-order valence-electron chi connectivity index (χ3n) is 4.23. The lowest BCUT2D eigenvalue weighted by molar-refractivity contribution is 0.483. The molecule has 0 aromatic heterocycles. The Morgan fingerprint density at radius 2 is 1.21 bits per heavy atom. The fourth-order valence-corrected chi connectivity index (χ4v) is 11.4. The number of ether oxygens (including phenoxy) is 1. The fourth-order valence-electron chi connectivity index (χ4n) is 2.88. The first-order valence-corrected chi connectivity index (χ1v) is 14.3. The second kappa shape index (κ2) is 7.24. The van der Waals surface area contributed by atoms with E-state index in [-0.39, 0.29) is 0 Å². The van der Waals surface area contributed by atoms with Gasteiger partial charge in [0, 0.05) is 5.69 Å². The van der Waals surface area contributed by atoms with Gasteiger partial charge in [-0.1, -0.05) is 29.6 Å². The Bertz CT molecular complexity index is 673. The highest BCUT2D eigenvalue weighted by molar-refractivity contribution is 7.04. The van der Waals surface area contributed by atoms with E-state index in [4.69, 9.17) is 4.74 Å². The SMILES string of the molecule is C=C[Si](C)(C)N(c1ccc(Oc2ccccc2)cc1)[Si](C)(C)C=C. The summed E-state index contributed by atoms with van der Waals surface area (Å²) < 4.78 is 8.49. The quantitative estimate of drug-likeness (QED) is 0.554. The summed E-state index contributed by atoms with van der Waals surface area (Å²) in [6.07, 6.45) is 0. The lowest BCUT2D eigenvalue weighted by atomic mass is 10.3. The van der Waals surface area contributed by atoms with E-state index in [9.17, 15) is 0 Å². The number of rotatable bonds is 7. The number of para-hydroxylation sites is 1. The predicted octanol–water partition coefficient (Wildman–Crippen LogP) is 6.15. The van der Waals surface area contributed by atoms with E-state index < -0.39 is 16.5 Å². The average Bonchev–Trinajstić information content (AvgIpc) is 2.57. The first kappa shape index (κ1) is 18.3. The zero-order valence-corrected chi connectivity index (χ0v) is 17.1. The van der Waals surface area contributed by atoms with Crippen molar-refractivity contribution in [3.8, 4) is 11.5 Å². The van der Waals surface area contributed by atoms with Gasteiger partial charge in [-0.15, -0.1) is 13.2 Å². The number of benzene rings is 2. The van der Waals surface area contributed by atoms with Gasteiger partial charge in [0.05, 0.1) is 0 Å². The number of nitrogens with zero attached hydrogens (tertiary/aromatic N) is 1. The summed E-state index contributed by atoms with van der Waals surface area (Å²) in [5.74, 6) is 1.70. The van der Waals surface area contributed by atoms with Gasteiger partial charge in [0.15, 0.2) is 16.5 Å². The third-order valence-corrected chi connectivity index (χ3v) is 12.5. The van der Waals surface area contributed by atoms with Crippen molar-refractivity contribution in [2.24, 2.45) is 0 Å². The molecule has 0 heterocycles. The Labute approximate surface area is 148 Å². The van der Waals surface area contributed by atoms with Crippen LogP contribution in [0.15, 0.2) is 79.2 Å². The van der Waals surface area contributed by atoms with Crippen LogP contribution in [0.4, 0.5) is 5.69 Å². The van der Waals surface area contributed by atoms with Crippen molar-refractivity contribution < 1.29 is 4.74 Å². The molecule has 2 rings (SSSR count). The maximum Gasteiger partial charge on any atom is 0.166 e. The minimum atomic E-state index is -1.75. The molecule has 2 nitrogen and oxygen atoms in total. The van der Waals surface area contributed by atoms with Gasteiger partial charge in [0.1, 0.15) is 11.5 Å². The summed E-state index contributed by atoms with van der Waals surface area (Å²) in [4.78, 5) is 0. The summed E-state index contributed by atoms with van der Waals surface area (Å²) in [5, 5.41) is 0. The van der Waals surface area contributed by atoms with Crippen LogP contribution in [0.5, 0.6) is 11.5 Å². The van der Waals surface area contributed by atoms with E-state index in [0.29, 0.717) is 0 Å². The molecule has 0 atom stereocenters. The van der Waals surface area contributed by atoms with Crippen molar-refractivity contribution in [3.63, 3.8) is 0 Å². The molecule has 0 fully saturated rings. The minimum absolute atomic E-state index is 0.848. The van der Waals surface area contributed by atoms with E-state index in [2.05, 4.69) is 67.1 Å². The van der Waals surface area contributed by atoms with Crippen molar-refractivity contribution in [1.29, 1.82) is 0 Å². The van der Waals surface area contributed by atoms with E-state index >= 15 is 0 Å². The Kier molecular flexibility index (Phi) is 5.52. The highest BCUT2D eigenvalue weighted by atomic mass is 28.4. The molecule has 0 saturated carbocycles. The molecular formula is C20H27NOSi2. The number of hydrogen-bond donors (Lipinski definition) is 0. The molecule has 0 amide bonds. The van der Waals surface area contributed by atoms with Crippen LogP contribution in [-0.2, 0) is 0 Å². The van der Waals surface area contributed by atoms with Crippen molar-refractivity contribution in [1.82, 2.24) is 0 Å². The highest BCUT2D eigenvalue weighted by Crippen LogP contribution is 2.31. The van der Waals surface area contributed by atoms with E-state index in [1.54, 1.807) is 0 Å². The normalized spacial score (nSPS) is 11.7. The molecule has 2 aromatic rings. The Balaban J connectivity index is 2.32. The van der Waals surface area contributed by atoms with Gasteiger partial charge in [-0.25, -0.2) is 0 Å². The van der Waals surface area contributed by atoms with Crippen LogP contribution in [0.2, 0.25) is 26.2 Å². The van der Waals surface area contributed by atoms with Crippen LogP contribution >= 0.6 is 0 Å². The van der Waals surface area contributed by atoms with Gasteiger partial charge in [-0.05, 0) is 62.6 Å². The largest absolute Gasteiger partial charge is 0.457 e. The first-order chi connectivity index (χ1) is 11.3. The molecule has 0 bridgehead atoms. The number of hydrogen-bond acceptors (Lipinski definition) is 2. The van der Waals surface area contributed by atoms with Gasteiger partial charge in [0.25, 0.3) is 0 Å². The van der Waals surface area contributed by atoms with E-state index in [0.717, 1.165) is 11.5 Å². The molecule has 2 aromatic carbocycles. The van der Waals surface area contributed by atoms with Crippen molar-refractivity contribution in [2.45, 2.75) is 26.2 Å². The van der Waals surface area contributed by atoms with Gasteiger partial charge in [0.2, 0.25) is 0 Å². The smallest absolute Gasteiger partial charge is 0.166 e. The summed E-state index contributed by atoms with van der Waals surface area (Å²) >= 11 is 0. The Hall–Kier alpha value is -2.05. The van der Waals surface area contributed by atoms with Crippen LogP contribution in [-0.4, -0.2) is 16.5 Å². The molecule has 0 spiro atoms. The van der Waals surface area contributed by atoms with Crippen LogP contribution in [0.1, 0.15) is 0 Å². The molecule has 24 heavy (non-hydrogen) atoms. The summed E-state index contributed by atoms with van der Waals surface area (Å²) in [7, 11) is -3.50. The molecule has 126 valence electrons. The zero-order chi connectivity index (χ0) is 17.8. The maximum atomic E-state index is 5.90. The van der Waals surface area contributed by atoms with Crippen molar-refractivity contribution in [2.75, 3.05) is 4.23 Å². The maximum absolute atomic E-state index is 5.90. The third kappa shape index (κ3) is 4.07. The monoisotopic (exact) mass is 353 g/mol. The Morgan fingerprint density at radius 3 is 1.67 bits per heavy atom. The molecular weight excluding hydrogens is 326 g/mol. The van der Waals surface area contributed by atoms with E-state index in [1.807, 2.05) is 42.5 Å². The highest BCUT2D eigenvalue weighted by Gasteiger charge is 2.37. The van der Waals surface area contributed by atoms with Crippen LogP contribution in [0.3, 0.4) is 0 Å². The molecule has 4 heteroatoms. The molecule has 0 aliphatic carbocycles. The summed E-state index contributed by atoms with van der Waals surface area (Å²) in [5.41, 5.74) is 5.50. The molecule has 0 N–H and O–H groups in total. The van der Waals surface area contributed by atoms with Crippen LogP contribution in [0, 0.1) is 0 Å². The molecule has 0 unspecified atom stereocenters. The van der Waals surface area contributed by atoms with Crippen molar-refractivity contribution in [3.05, 3.63) is 79.2 Å². The topological polar surface area (TPSA) is 12.5 Å². The molecule has 0 radical (unpaired) electrons. The van der Waals surface area contributed by atoms with Gasteiger partial charge in [-0.2, -0.15) is 0 Å². The molecule has 0 aliphatic rings. The average molecular weight is 354 g/mol. The molecule has 0 saturated heterocycles.